The third kappa shape index (κ3) is 10.4. The number of hydrogen-bond acceptors (Lipinski definition) is 1. The lowest BCUT2D eigenvalue weighted by Crippen LogP contribution is -2.15. The molecule has 0 aliphatic carbocycles. The lowest BCUT2D eigenvalue weighted by molar-refractivity contribution is 0.411. The van der Waals surface area contributed by atoms with Crippen LogP contribution in [0, 0.1) is 11.3 Å². The van der Waals surface area contributed by atoms with Crippen molar-refractivity contribution in [3.63, 3.8) is 0 Å². The average Bonchev–Trinajstić information content (AvgIpc) is 2.28. The van der Waals surface area contributed by atoms with E-state index in [-0.39, 0.29) is 0 Å². The third-order valence-corrected chi connectivity index (χ3v) is 3.45. The Morgan fingerprint density at radius 1 is 1.22 bits per heavy atom. The predicted molar refractivity (Wildman–Crippen MR) is 83.7 cm³/mol. The molecule has 1 nitrogen and oxygen atoms in total. The minimum absolute atomic E-state index is 0.298. The Balaban J connectivity index is 3.43. The summed E-state index contributed by atoms with van der Waals surface area (Å²) in [4.78, 5) is 0. The van der Waals surface area contributed by atoms with Gasteiger partial charge in [0, 0.05) is 12.2 Å². The second kappa shape index (κ2) is 9.24. The molecule has 0 aliphatic heterocycles. The van der Waals surface area contributed by atoms with E-state index in [1.807, 2.05) is 0 Å². The van der Waals surface area contributed by atoms with Crippen molar-refractivity contribution in [2.75, 3.05) is 6.54 Å². The fraction of sp³-hybridized carbons (Fsp3) is 0.765. The normalized spacial score (nSPS) is 11.6. The highest BCUT2D eigenvalue weighted by atomic mass is 14.9. The Hall–Kier alpha value is -0.720. The molecule has 0 bridgehead atoms. The minimum Gasteiger partial charge on any atom is -0.389 e. The smallest absolute Gasteiger partial charge is 0.0146 e. The fourth-order valence-corrected chi connectivity index (χ4v) is 1.82. The van der Waals surface area contributed by atoms with Crippen molar-refractivity contribution in [2.45, 2.75) is 66.2 Å². The summed E-state index contributed by atoms with van der Waals surface area (Å²) in [6.07, 6.45) is 9.49. The Labute approximate surface area is 115 Å². The van der Waals surface area contributed by atoms with Gasteiger partial charge in [0.15, 0.2) is 0 Å². The first-order chi connectivity index (χ1) is 8.37. The Kier molecular flexibility index (Phi) is 8.87. The molecule has 0 aromatic heterocycles. The molecule has 0 amide bonds. The van der Waals surface area contributed by atoms with E-state index in [9.17, 15) is 0 Å². The summed E-state index contributed by atoms with van der Waals surface area (Å²) < 4.78 is 0. The van der Waals surface area contributed by atoms with Crippen molar-refractivity contribution in [1.82, 2.24) is 5.32 Å². The van der Waals surface area contributed by atoms with Gasteiger partial charge in [-0.25, -0.2) is 0 Å². The van der Waals surface area contributed by atoms with Gasteiger partial charge in [-0.3, -0.25) is 0 Å². The molecule has 0 unspecified atom stereocenters. The van der Waals surface area contributed by atoms with Crippen LogP contribution in [0.3, 0.4) is 0 Å². The Morgan fingerprint density at radius 2 is 1.89 bits per heavy atom. The van der Waals surface area contributed by atoms with Crippen LogP contribution in [-0.2, 0) is 0 Å². The summed E-state index contributed by atoms with van der Waals surface area (Å²) in [6.45, 7) is 18.1. The van der Waals surface area contributed by atoms with E-state index in [0.717, 1.165) is 18.9 Å². The average molecular weight is 251 g/mol. The van der Waals surface area contributed by atoms with Crippen molar-refractivity contribution in [1.29, 1.82) is 0 Å². The van der Waals surface area contributed by atoms with Crippen molar-refractivity contribution in [2.24, 2.45) is 11.3 Å². The first-order valence-corrected chi connectivity index (χ1v) is 7.42. The zero-order valence-corrected chi connectivity index (χ0v) is 13.0. The summed E-state index contributed by atoms with van der Waals surface area (Å²) in [5, 5.41) is 3.42. The quantitative estimate of drug-likeness (QED) is 0.388. The van der Waals surface area contributed by atoms with Crippen molar-refractivity contribution < 1.29 is 0 Å². The van der Waals surface area contributed by atoms with E-state index in [4.69, 9.17) is 0 Å². The summed E-state index contributed by atoms with van der Waals surface area (Å²) in [6, 6.07) is 0. The highest BCUT2D eigenvalue weighted by Crippen LogP contribution is 2.24. The molecule has 1 heteroatoms. The van der Waals surface area contributed by atoms with E-state index in [2.05, 4.69) is 52.2 Å². The number of hydrogen-bond donors (Lipinski definition) is 1. The molecule has 0 saturated carbocycles. The van der Waals surface area contributed by atoms with Crippen LogP contribution >= 0.6 is 0 Å². The van der Waals surface area contributed by atoms with Crippen LogP contribution in [0.5, 0.6) is 0 Å². The SMILES string of the molecule is C=CC(C)(C)CCCCCC(=C)NCCC(C)C. The van der Waals surface area contributed by atoms with Crippen LogP contribution < -0.4 is 5.32 Å². The Morgan fingerprint density at radius 3 is 2.44 bits per heavy atom. The molecular formula is C17H33N. The second-order valence-corrected chi connectivity index (χ2v) is 6.47. The third-order valence-electron chi connectivity index (χ3n) is 3.45. The maximum absolute atomic E-state index is 4.09. The topological polar surface area (TPSA) is 12.0 Å². The predicted octanol–water partition coefficient (Wildman–Crippen LogP) is 5.30. The first-order valence-electron chi connectivity index (χ1n) is 7.42. The van der Waals surface area contributed by atoms with Gasteiger partial charge in [-0.15, -0.1) is 6.58 Å². The standard InChI is InChI=1S/C17H33N/c1-7-17(5,6)13-10-8-9-11-16(4)18-14-12-15(2)3/h7,15,18H,1,4,8-14H2,2-3,5-6H3. The molecule has 0 heterocycles. The highest BCUT2D eigenvalue weighted by molar-refractivity contribution is 4.91. The zero-order chi connectivity index (χ0) is 14.0. The summed E-state index contributed by atoms with van der Waals surface area (Å²) in [7, 11) is 0. The van der Waals surface area contributed by atoms with Crippen LogP contribution in [-0.4, -0.2) is 6.54 Å². The van der Waals surface area contributed by atoms with E-state index < -0.39 is 0 Å². The van der Waals surface area contributed by atoms with Crippen LogP contribution in [0.1, 0.15) is 66.2 Å². The number of rotatable bonds is 11. The van der Waals surface area contributed by atoms with Crippen LogP contribution in [0.15, 0.2) is 24.9 Å². The van der Waals surface area contributed by atoms with Crippen molar-refractivity contribution in [3.05, 3.63) is 24.9 Å². The molecule has 0 fully saturated rings. The molecule has 0 spiro atoms. The highest BCUT2D eigenvalue weighted by Gasteiger charge is 2.11. The summed E-state index contributed by atoms with van der Waals surface area (Å²) in [5.41, 5.74) is 1.51. The van der Waals surface area contributed by atoms with Crippen molar-refractivity contribution >= 4 is 0 Å². The molecule has 0 aromatic rings. The van der Waals surface area contributed by atoms with Gasteiger partial charge < -0.3 is 5.32 Å². The van der Waals surface area contributed by atoms with Gasteiger partial charge in [-0.1, -0.05) is 53.2 Å². The fourth-order valence-electron chi connectivity index (χ4n) is 1.82. The van der Waals surface area contributed by atoms with Crippen LogP contribution in [0.2, 0.25) is 0 Å². The molecular weight excluding hydrogens is 218 g/mol. The molecule has 0 aromatic carbocycles. The molecule has 106 valence electrons. The molecule has 18 heavy (non-hydrogen) atoms. The van der Waals surface area contributed by atoms with Crippen LogP contribution in [0.4, 0.5) is 0 Å². The van der Waals surface area contributed by atoms with Gasteiger partial charge in [-0.05, 0) is 37.0 Å². The molecule has 0 aliphatic rings. The van der Waals surface area contributed by atoms with Gasteiger partial charge in [0.1, 0.15) is 0 Å². The van der Waals surface area contributed by atoms with E-state index in [0.29, 0.717) is 5.41 Å². The number of unbranched alkanes of at least 4 members (excludes halogenated alkanes) is 2. The van der Waals surface area contributed by atoms with E-state index in [1.165, 1.54) is 37.8 Å². The molecule has 1 N–H and O–H groups in total. The second-order valence-electron chi connectivity index (χ2n) is 6.47. The van der Waals surface area contributed by atoms with Gasteiger partial charge in [0.25, 0.3) is 0 Å². The first kappa shape index (κ1) is 17.3. The molecule has 0 saturated heterocycles. The van der Waals surface area contributed by atoms with Gasteiger partial charge >= 0.3 is 0 Å². The number of nitrogens with one attached hydrogen (secondary N) is 1. The van der Waals surface area contributed by atoms with Gasteiger partial charge in [0.2, 0.25) is 0 Å². The largest absolute Gasteiger partial charge is 0.389 e. The Bertz CT molecular complexity index is 238. The van der Waals surface area contributed by atoms with Crippen molar-refractivity contribution in [3.8, 4) is 0 Å². The summed E-state index contributed by atoms with van der Waals surface area (Å²) in [5.74, 6) is 0.770. The lowest BCUT2D eigenvalue weighted by Gasteiger charge is -2.19. The van der Waals surface area contributed by atoms with Crippen LogP contribution in [0.25, 0.3) is 0 Å². The maximum atomic E-state index is 4.09. The monoisotopic (exact) mass is 251 g/mol. The lowest BCUT2D eigenvalue weighted by atomic mass is 9.87. The minimum atomic E-state index is 0.298. The molecule has 0 rings (SSSR count). The van der Waals surface area contributed by atoms with E-state index in [1.54, 1.807) is 0 Å². The molecule has 0 atom stereocenters. The van der Waals surface area contributed by atoms with Gasteiger partial charge in [-0.2, -0.15) is 0 Å². The van der Waals surface area contributed by atoms with E-state index >= 15 is 0 Å². The number of allylic oxidation sites excluding steroid dienone is 2. The van der Waals surface area contributed by atoms with Gasteiger partial charge in [0.05, 0.1) is 0 Å². The maximum Gasteiger partial charge on any atom is 0.0146 e. The zero-order valence-electron chi connectivity index (χ0n) is 13.0. The molecule has 0 radical (unpaired) electrons. The summed E-state index contributed by atoms with van der Waals surface area (Å²) >= 11 is 0.